The predicted molar refractivity (Wildman–Crippen MR) is 97.1 cm³/mol. The predicted octanol–water partition coefficient (Wildman–Crippen LogP) is 4.84. The maximum absolute atomic E-state index is 13.1. The first-order valence-corrected chi connectivity index (χ1v) is 8.15. The molecule has 2 aromatic carbocycles. The minimum Gasteiger partial charge on any atom is -0.322 e. The van der Waals surface area contributed by atoms with Crippen molar-refractivity contribution in [2.75, 3.05) is 5.32 Å². The number of amides is 1. The molecule has 25 heavy (non-hydrogen) atoms. The van der Waals surface area contributed by atoms with Crippen molar-refractivity contribution in [1.82, 2.24) is 9.78 Å². The molecule has 4 nitrogen and oxygen atoms in total. The van der Waals surface area contributed by atoms with Crippen LogP contribution in [-0.4, -0.2) is 15.7 Å². The summed E-state index contributed by atoms with van der Waals surface area (Å²) in [5.41, 5.74) is 4.19. The monoisotopic (exact) mass is 357 g/mol. The van der Waals surface area contributed by atoms with E-state index in [9.17, 15) is 9.18 Å². The lowest BCUT2D eigenvalue weighted by Gasteiger charge is -2.10. The Morgan fingerprint density at radius 1 is 1.12 bits per heavy atom. The maximum Gasteiger partial charge on any atom is 0.260 e. The van der Waals surface area contributed by atoms with Crippen molar-refractivity contribution in [1.29, 1.82) is 0 Å². The molecule has 0 fully saturated rings. The number of rotatable bonds is 3. The van der Waals surface area contributed by atoms with Crippen LogP contribution in [0.15, 0.2) is 42.5 Å². The number of carbonyl (C=O) groups excluding carboxylic acids is 1. The van der Waals surface area contributed by atoms with Crippen molar-refractivity contribution in [2.24, 2.45) is 0 Å². The molecule has 0 aliphatic carbocycles. The molecule has 0 unspecified atom stereocenters. The summed E-state index contributed by atoms with van der Waals surface area (Å²) in [5, 5.41) is 7.39. The summed E-state index contributed by atoms with van der Waals surface area (Å²) >= 11 is 6.38. The van der Waals surface area contributed by atoms with E-state index in [1.165, 1.54) is 16.8 Å². The van der Waals surface area contributed by atoms with Crippen LogP contribution in [0.25, 0.3) is 5.69 Å². The molecule has 0 aliphatic rings. The molecule has 1 N–H and O–H groups in total. The Balaban J connectivity index is 1.96. The number of aromatic nitrogens is 2. The van der Waals surface area contributed by atoms with Crippen molar-refractivity contribution < 1.29 is 9.18 Å². The van der Waals surface area contributed by atoms with Crippen molar-refractivity contribution in [3.8, 4) is 5.69 Å². The van der Waals surface area contributed by atoms with Crippen molar-refractivity contribution in [2.45, 2.75) is 20.8 Å². The number of halogens is 2. The number of hydrogen-bond donors (Lipinski definition) is 1. The van der Waals surface area contributed by atoms with E-state index in [1.54, 1.807) is 19.1 Å². The summed E-state index contributed by atoms with van der Waals surface area (Å²) in [6.45, 7) is 5.64. The van der Waals surface area contributed by atoms with Gasteiger partial charge in [-0.15, -0.1) is 0 Å². The van der Waals surface area contributed by atoms with Gasteiger partial charge < -0.3 is 5.32 Å². The first-order valence-electron chi connectivity index (χ1n) is 7.77. The zero-order valence-corrected chi connectivity index (χ0v) is 14.9. The zero-order valence-electron chi connectivity index (χ0n) is 14.1. The molecular weight excluding hydrogens is 341 g/mol. The van der Waals surface area contributed by atoms with Crippen LogP contribution in [0, 0.1) is 26.6 Å². The van der Waals surface area contributed by atoms with Gasteiger partial charge in [-0.3, -0.25) is 4.79 Å². The number of nitrogens with one attached hydrogen (secondary N) is 1. The Hall–Kier alpha value is -2.66. The van der Waals surface area contributed by atoms with Gasteiger partial charge in [-0.25, -0.2) is 9.07 Å². The summed E-state index contributed by atoms with van der Waals surface area (Å²) in [6.07, 6.45) is 0. The number of nitrogens with zero attached hydrogens (tertiary/aromatic N) is 2. The molecule has 0 saturated carbocycles. The van der Waals surface area contributed by atoms with Gasteiger partial charge in [0.2, 0.25) is 0 Å². The highest BCUT2D eigenvalue weighted by molar-refractivity contribution is 6.34. The topological polar surface area (TPSA) is 46.9 Å². The Kier molecular flexibility index (Phi) is 4.59. The van der Waals surface area contributed by atoms with Gasteiger partial charge in [0.15, 0.2) is 0 Å². The van der Waals surface area contributed by atoms with E-state index in [0.717, 1.165) is 16.8 Å². The van der Waals surface area contributed by atoms with E-state index in [1.807, 2.05) is 32.0 Å². The number of carbonyl (C=O) groups is 1. The number of anilines is 1. The summed E-state index contributed by atoms with van der Waals surface area (Å²) in [7, 11) is 0. The summed E-state index contributed by atoms with van der Waals surface area (Å²) in [6, 6.07) is 11.5. The van der Waals surface area contributed by atoms with E-state index >= 15 is 0 Å². The van der Waals surface area contributed by atoms with Crippen molar-refractivity contribution in [3.05, 3.63) is 75.8 Å². The fourth-order valence-corrected chi connectivity index (χ4v) is 2.94. The Bertz CT molecular complexity index is 948. The van der Waals surface area contributed by atoms with Gasteiger partial charge in [0.05, 0.1) is 11.4 Å². The lowest BCUT2D eigenvalue weighted by Crippen LogP contribution is -2.14. The summed E-state index contributed by atoms with van der Waals surface area (Å²) in [4.78, 5) is 12.7. The smallest absolute Gasteiger partial charge is 0.260 e. The molecule has 3 rings (SSSR count). The fraction of sp³-hybridized carbons (Fsp3) is 0.158. The van der Waals surface area contributed by atoms with Crippen LogP contribution in [0.3, 0.4) is 0 Å². The van der Waals surface area contributed by atoms with Crippen molar-refractivity contribution >= 4 is 23.2 Å². The van der Waals surface area contributed by atoms with E-state index in [4.69, 9.17) is 11.6 Å². The van der Waals surface area contributed by atoms with Crippen LogP contribution in [0.4, 0.5) is 10.1 Å². The molecule has 6 heteroatoms. The lowest BCUT2D eigenvalue weighted by molar-refractivity contribution is 0.102. The zero-order chi connectivity index (χ0) is 18.1. The molecule has 3 aromatic rings. The molecule has 1 heterocycles. The minimum absolute atomic E-state index is 0.187. The maximum atomic E-state index is 13.1. The van der Waals surface area contributed by atoms with Gasteiger partial charge in [-0.2, -0.15) is 5.10 Å². The molecule has 128 valence electrons. The van der Waals surface area contributed by atoms with Gasteiger partial charge in [-0.1, -0.05) is 23.7 Å². The van der Waals surface area contributed by atoms with Crippen LogP contribution in [0.2, 0.25) is 5.15 Å². The van der Waals surface area contributed by atoms with E-state index in [0.29, 0.717) is 16.9 Å². The van der Waals surface area contributed by atoms with E-state index in [2.05, 4.69) is 10.4 Å². The van der Waals surface area contributed by atoms with Gasteiger partial charge in [0.25, 0.3) is 5.91 Å². The fourth-order valence-electron chi connectivity index (χ4n) is 2.58. The number of hydrogen-bond acceptors (Lipinski definition) is 2. The molecule has 0 atom stereocenters. The molecule has 0 saturated heterocycles. The largest absolute Gasteiger partial charge is 0.322 e. The average molecular weight is 358 g/mol. The summed E-state index contributed by atoms with van der Waals surface area (Å²) < 4.78 is 14.5. The van der Waals surface area contributed by atoms with Gasteiger partial charge in [0.1, 0.15) is 16.5 Å². The first kappa shape index (κ1) is 17.2. The molecule has 0 bridgehead atoms. The average Bonchev–Trinajstić information content (AvgIpc) is 2.87. The van der Waals surface area contributed by atoms with Gasteiger partial charge >= 0.3 is 0 Å². The molecule has 0 aliphatic heterocycles. The van der Waals surface area contributed by atoms with E-state index < -0.39 is 0 Å². The Morgan fingerprint density at radius 2 is 1.80 bits per heavy atom. The normalized spacial score (nSPS) is 10.8. The molecule has 1 amide bonds. The Labute approximate surface area is 150 Å². The van der Waals surface area contributed by atoms with Crippen LogP contribution in [0.1, 0.15) is 27.2 Å². The third kappa shape index (κ3) is 3.28. The second-order valence-electron chi connectivity index (χ2n) is 5.84. The Morgan fingerprint density at radius 3 is 2.48 bits per heavy atom. The number of benzene rings is 2. The highest BCUT2D eigenvalue weighted by atomic mass is 35.5. The highest BCUT2D eigenvalue weighted by Crippen LogP contribution is 2.26. The number of aryl methyl sites for hydroxylation is 2. The molecule has 0 spiro atoms. The quantitative estimate of drug-likeness (QED) is 0.728. The molecular formula is C19H17ClFN3O. The van der Waals surface area contributed by atoms with Crippen LogP contribution < -0.4 is 5.32 Å². The highest BCUT2D eigenvalue weighted by Gasteiger charge is 2.21. The van der Waals surface area contributed by atoms with Crippen LogP contribution >= 0.6 is 11.6 Å². The van der Waals surface area contributed by atoms with Crippen molar-refractivity contribution in [3.63, 3.8) is 0 Å². The molecule has 1 aromatic heterocycles. The van der Waals surface area contributed by atoms with Gasteiger partial charge in [0, 0.05) is 5.69 Å². The third-order valence-electron chi connectivity index (χ3n) is 4.16. The second-order valence-corrected chi connectivity index (χ2v) is 6.20. The van der Waals surface area contributed by atoms with Crippen LogP contribution in [-0.2, 0) is 0 Å². The van der Waals surface area contributed by atoms with E-state index in [-0.39, 0.29) is 16.9 Å². The summed E-state index contributed by atoms with van der Waals surface area (Å²) in [5.74, 6) is -0.679. The standard InChI is InChI=1S/C19H17ClFN3O/c1-11-5-4-6-16(12(11)2)22-19(25)17-13(3)23-24(18(17)20)15-9-7-14(21)8-10-15/h4-10H,1-3H3,(H,22,25). The second kappa shape index (κ2) is 6.69. The lowest BCUT2D eigenvalue weighted by atomic mass is 10.1. The first-order chi connectivity index (χ1) is 11.9. The SMILES string of the molecule is Cc1cccc(NC(=O)c2c(C)nn(-c3ccc(F)cc3)c2Cl)c1C. The molecule has 0 radical (unpaired) electrons. The van der Waals surface area contributed by atoms with Gasteiger partial charge in [-0.05, 0) is 62.2 Å². The van der Waals surface area contributed by atoms with Crippen LogP contribution in [0.5, 0.6) is 0 Å². The minimum atomic E-state index is -0.350. The third-order valence-corrected chi connectivity index (χ3v) is 4.50.